The molecule has 0 aliphatic carbocycles. The monoisotopic (exact) mass is 755 g/mol. The largest absolute Gasteiger partial charge is 0.397 e. The van der Waals surface area contributed by atoms with Crippen LogP contribution in [-0.2, 0) is 38.8 Å². The van der Waals surface area contributed by atoms with Crippen LogP contribution in [0.4, 0.5) is 11.4 Å². The zero-order chi connectivity index (χ0) is 37.2. The van der Waals surface area contributed by atoms with Gasteiger partial charge in [-0.15, -0.1) is 0 Å². The molecule has 5 aromatic rings. The zero-order valence-corrected chi connectivity index (χ0v) is 30.7. The summed E-state index contributed by atoms with van der Waals surface area (Å²) in [5.74, 6) is -0.114. The Hall–Kier alpha value is -4.71. The molecular weight excluding hydrogens is 713 g/mol. The Kier molecular flexibility index (Phi) is 13.2. The van der Waals surface area contributed by atoms with E-state index in [-0.39, 0.29) is 35.8 Å². The first-order chi connectivity index (χ1) is 25.7. The third-order valence-corrected chi connectivity index (χ3v) is 9.97. The number of aliphatic hydroxyl groups is 1. The number of carbonyl (C=O) groups excluding carboxylic acids is 2. The molecule has 2 amide bonds. The van der Waals surface area contributed by atoms with Gasteiger partial charge in [-0.3, -0.25) is 9.59 Å². The SMILES string of the molecule is Nc1ccccc1NC(=O)CCCCCC(=O)NCc1cccc(-c2cccc([C@@H]3O[C@H](Cn4cnc(Cl)c4Cl)C[C@H](c4ccc(CO)cc4)O3)c2)c1. The molecule has 53 heavy (non-hydrogen) atoms. The molecule has 1 aromatic heterocycles. The molecule has 10 nitrogen and oxygen atoms in total. The minimum atomic E-state index is -0.659. The van der Waals surface area contributed by atoms with Gasteiger partial charge in [0.25, 0.3) is 0 Å². The molecule has 5 N–H and O–H groups in total. The van der Waals surface area contributed by atoms with Gasteiger partial charge in [0.1, 0.15) is 5.15 Å². The van der Waals surface area contributed by atoms with E-state index in [0.717, 1.165) is 39.8 Å². The number of amides is 2. The Morgan fingerprint density at radius 2 is 1.57 bits per heavy atom. The third-order valence-electron chi connectivity index (χ3n) is 9.20. The van der Waals surface area contributed by atoms with Gasteiger partial charge in [-0.05, 0) is 64.9 Å². The number of anilines is 2. The standard InChI is InChI=1S/C41H43Cl2N5O5/c42-39-40(43)48(26-46-39)24-33-22-36(29-18-16-27(25-49)17-19-29)53-41(52-33)32-11-7-10-31(21-32)30-9-6-8-28(20-30)23-45-37(50)14-2-1-3-15-38(51)47-35-13-5-4-12-34(35)44/h4-13,16-21,26,33,36,41,49H,1-3,14-15,22-25,44H2,(H,45,50)(H,47,51)/t33-,36+,41+/m0/s1. The Bertz CT molecular complexity index is 2000. The van der Waals surface area contributed by atoms with Crippen LogP contribution in [0.25, 0.3) is 11.1 Å². The van der Waals surface area contributed by atoms with Gasteiger partial charge in [-0.25, -0.2) is 4.98 Å². The fraction of sp³-hybridized carbons (Fsp3) is 0.293. The number of ether oxygens (including phenoxy) is 2. The number of aliphatic hydroxyl groups excluding tert-OH is 1. The van der Waals surface area contributed by atoms with Crippen molar-refractivity contribution in [1.29, 1.82) is 0 Å². The fourth-order valence-corrected chi connectivity index (χ4v) is 6.62. The molecule has 1 fully saturated rings. The van der Waals surface area contributed by atoms with Gasteiger partial charge in [0, 0.05) is 31.4 Å². The van der Waals surface area contributed by atoms with E-state index in [1.165, 1.54) is 0 Å². The predicted molar refractivity (Wildman–Crippen MR) is 207 cm³/mol. The molecule has 276 valence electrons. The Morgan fingerprint density at radius 1 is 0.830 bits per heavy atom. The fourth-order valence-electron chi connectivity index (χ4n) is 6.31. The number of imidazole rings is 1. The molecule has 0 radical (unpaired) electrons. The zero-order valence-electron chi connectivity index (χ0n) is 29.2. The Labute approximate surface area is 319 Å². The maximum Gasteiger partial charge on any atom is 0.224 e. The van der Waals surface area contributed by atoms with Crippen molar-refractivity contribution in [2.45, 2.75) is 76.7 Å². The number of benzene rings is 4. The molecular formula is C41H43Cl2N5O5. The smallest absolute Gasteiger partial charge is 0.224 e. The van der Waals surface area contributed by atoms with Gasteiger partial charge >= 0.3 is 0 Å². The van der Waals surface area contributed by atoms with Crippen molar-refractivity contribution in [2.24, 2.45) is 0 Å². The molecule has 1 saturated heterocycles. The summed E-state index contributed by atoms with van der Waals surface area (Å²) in [5, 5.41) is 16.0. The summed E-state index contributed by atoms with van der Waals surface area (Å²) in [6.45, 7) is 0.816. The van der Waals surface area contributed by atoms with Crippen LogP contribution in [0, 0.1) is 0 Å². The predicted octanol–water partition coefficient (Wildman–Crippen LogP) is 8.38. The van der Waals surface area contributed by atoms with Crippen LogP contribution < -0.4 is 16.4 Å². The van der Waals surface area contributed by atoms with E-state index in [1.54, 1.807) is 23.0 Å². The number of para-hydroxylation sites is 2. The summed E-state index contributed by atoms with van der Waals surface area (Å²) in [5.41, 5.74) is 12.7. The number of halogens is 2. The van der Waals surface area contributed by atoms with Gasteiger partial charge in [0.2, 0.25) is 11.8 Å². The lowest BCUT2D eigenvalue weighted by molar-refractivity contribution is -0.252. The molecule has 0 spiro atoms. The summed E-state index contributed by atoms with van der Waals surface area (Å²) in [6.07, 6.45) is 3.93. The second kappa shape index (κ2) is 18.4. The van der Waals surface area contributed by atoms with Crippen LogP contribution in [0.1, 0.15) is 73.2 Å². The highest BCUT2D eigenvalue weighted by Gasteiger charge is 2.33. The highest BCUT2D eigenvalue weighted by molar-refractivity contribution is 6.40. The lowest BCUT2D eigenvalue weighted by atomic mass is 9.98. The first-order valence-corrected chi connectivity index (χ1v) is 18.5. The van der Waals surface area contributed by atoms with Crippen LogP contribution in [0.2, 0.25) is 10.3 Å². The topological polar surface area (TPSA) is 141 Å². The number of aromatic nitrogens is 2. The second-order valence-corrected chi connectivity index (χ2v) is 13.8. The number of nitrogen functional groups attached to an aromatic ring is 1. The number of nitrogens with zero attached hydrogens (tertiary/aromatic N) is 2. The lowest BCUT2D eigenvalue weighted by Gasteiger charge is -2.36. The average Bonchev–Trinajstić information content (AvgIpc) is 3.50. The maximum absolute atomic E-state index is 12.6. The molecule has 4 aromatic carbocycles. The molecule has 2 heterocycles. The number of rotatable bonds is 15. The quantitative estimate of drug-likeness (QED) is 0.0622. The summed E-state index contributed by atoms with van der Waals surface area (Å²) in [6, 6.07) is 31.1. The van der Waals surface area contributed by atoms with Crippen LogP contribution in [0.5, 0.6) is 0 Å². The van der Waals surface area contributed by atoms with E-state index in [2.05, 4.69) is 27.8 Å². The van der Waals surface area contributed by atoms with Gasteiger partial charge in [0.15, 0.2) is 11.4 Å². The molecule has 0 saturated carbocycles. The molecule has 0 bridgehead atoms. The number of nitrogens with one attached hydrogen (secondary N) is 2. The van der Waals surface area contributed by atoms with Crippen molar-refractivity contribution in [3.05, 3.63) is 136 Å². The molecule has 1 aliphatic rings. The molecule has 12 heteroatoms. The van der Waals surface area contributed by atoms with Crippen molar-refractivity contribution >= 4 is 46.4 Å². The molecule has 0 unspecified atom stereocenters. The van der Waals surface area contributed by atoms with E-state index in [4.69, 9.17) is 38.4 Å². The number of unbranched alkanes of at least 4 members (excludes halogenated alkanes) is 2. The minimum absolute atomic E-state index is 0.0279. The van der Waals surface area contributed by atoms with Gasteiger partial charge in [0.05, 0.1) is 43.1 Å². The molecule has 6 rings (SSSR count). The minimum Gasteiger partial charge on any atom is -0.397 e. The van der Waals surface area contributed by atoms with E-state index >= 15 is 0 Å². The van der Waals surface area contributed by atoms with Crippen LogP contribution in [0.15, 0.2) is 103 Å². The first kappa shape index (κ1) is 38.0. The van der Waals surface area contributed by atoms with Crippen molar-refractivity contribution in [2.75, 3.05) is 11.1 Å². The number of nitrogens with two attached hydrogens (primary N) is 1. The normalized spacial score (nSPS) is 17.0. The highest BCUT2D eigenvalue weighted by Crippen LogP contribution is 2.39. The van der Waals surface area contributed by atoms with E-state index < -0.39 is 6.29 Å². The average molecular weight is 757 g/mol. The highest BCUT2D eigenvalue weighted by atomic mass is 35.5. The Morgan fingerprint density at radius 3 is 2.30 bits per heavy atom. The van der Waals surface area contributed by atoms with Crippen LogP contribution in [0.3, 0.4) is 0 Å². The third kappa shape index (κ3) is 10.5. The van der Waals surface area contributed by atoms with E-state index in [0.29, 0.717) is 61.7 Å². The van der Waals surface area contributed by atoms with Crippen molar-refractivity contribution in [3.63, 3.8) is 0 Å². The number of carbonyl (C=O) groups is 2. The van der Waals surface area contributed by atoms with E-state index in [9.17, 15) is 14.7 Å². The van der Waals surface area contributed by atoms with Gasteiger partial charge < -0.3 is 35.5 Å². The van der Waals surface area contributed by atoms with Gasteiger partial charge in [-0.2, -0.15) is 0 Å². The Balaban J connectivity index is 1.04. The first-order valence-electron chi connectivity index (χ1n) is 17.7. The summed E-state index contributed by atoms with van der Waals surface area (Å²) in [4.78, 5) is 29.0. The number of hydrogen-bond donors (Lipinski definition) is 4. The molecule has 3 atom stereocenters. The van der Waals surface area contributed by atoms with Crippen LogP contribution >= 0.6 is 23.2 Å². The van der Waals surface area contributed by atoms with Crippen LogP contribution in [-0.4, -0.2) is 32.6 Å². The summed E-state index contributed by atoms with van der Waals surface area (Å²) >= 11 is 12.5. The number of hydrogen-bond acceptors (Lipinski definition) is 7. The van der Waals surface area contributed by atoms with E-state index in [1.807, 2.05) is 72.8 Å². The maximum atomic E-state index is 12.6. The lowest BCUT2D eigenvalue weighted by Crippen LogP contribution is -2.32. The summed E-state index contributed by atoms with van der Waals surface area (Å²) in [7, 11) is 0. The molecule has 1 aliphatic heterocycles. The van der Waals surface area contributed by atoms with Gasteiger partial charge in [-0.1, -0.05) is 102 Å². The summed E-state index contributed by atoms with van der Waals surface area (Å²) < 4.78 is 14.9. The second-order valence-electron chi connectivity index (χ2n) is 13.1. The van der Waals surface area contributed by atoms with Crippen molar-refractivity contribution < 1.29 is 24.2 Å². The van der Waals surface area contributed by atoms with Crippen molar-refractivity contribution in [3.8, 4) is 11.1 Å². The van der Waals surface area contributed by atoms with Crippen molar-refractivity contribution in [1.82, 2.24) is 14.9 Å².